The third-order valence-corrected chi connectivity index (χ3v) is 5.07. The van der Waals surface area contributed by atoms with Crippen LogP contribution in [0.15, 0.2) is 54.6 Å². The van der Waals surface area contributed by atoms with Gasteiger partial charge in [0, 0.05) is 0 Å². The molecular formula is C19H24N2O5S. The van der Waals surface area contributed by atoms with Gasteiger partial charge in [-0.15, -0.1) is 0 Å². The standard InChI is InChI=1S/C19H24N2O5S/c1-15(19(22)20-13-14-26-18-7-5-4-6-8-18)21(27(3,23)24)16-9-11-17(25-2)12-10-16/h4-12,15H,13-14H2,1-3H3,(H,20,22)/t15-/m0/s1. The summed E-state index contributed by atoms with van der Waals surface area (Å²) in [5.74, 6) is 0.895. The highest BCUT2D eigenvalue weighted by atomic mass is 32.2. The minimum absolute atomic E-state index is 0.262. The van der Waals surface area contributed by atoms with Gasteiger partial charge in [-0.2, -0.15) is 0 Å². The van der Waals surface area contributed by atoms with Crippen LogP contribution in [0.5, 0.6) is 11.5 Å². The molecule has 8 heteroatoms. The number of amides is 1. The second-order valence-electron chi connectivity index (χ2n) is 5.89. The lowest BCUT2D eigenvalue weighted by Gasteiger charge is -2.28. The van der Waals surface area contributed by atoms with Crippen molar-refractivity contribution in [3.63, 3.8) is 0 Å². The van der Waals surface area contributed by atoms with Crippen LogP contribution in [0, 0.1) is 0 Å². The summed E-state index contributed by atoms with van der Waals surface area (Å²) < 4.78 is 36.2. The summed E-state index contributed by atoms with van der Waals surface area (Å²) in [6, 6.07) is 14.8. The van der Waals surface area contributed by atoms with E-state index >= 15 is 0 Å². The summed E-state index contributed by atoms with van der Waals surface area (Å²) >= 11 is 0. The summed E-state index contributed by atoms with van der Waals surface area (Å²) in [7, 11) is -2.13. The molecule has 0 bridgehead atoms. The van der Waals surface area contributed by atoms with E-state index < -0.39 is 22.0 Å². The fraction of sp³-hybridized carbons (Fsp3) is 0.316. The number of hydrogen-bond acceptors (Lipinski definition) is 5. The molecule has 146 valence electrons. The molecule has 0 heterocycles. The predicted molar refractivity (Wildman–Crippen MR) is 105 cm³/mol. The maximum absolute atomic E-state index is 12.4. The van der Waals surface area contributed by atoms with Crippen LogP contribution in [0.4, 0.5) is 5.69 Å². The Balaban J connectivity index is 1.99. The lowest BCUT2D eigenvalue weighted by Crippen LogP contribution is -2.48. The van der Waals surface area contributed by atoms with Crippen LogP contribution in [-0.2, 0) is 14.8 Å². The van der Waals surface area contributed by atoms with Gasteiger partial charge in [-0.3, -0.25) is 9.10 Å². The zero-order valence-corrected chi connectivity index (χ0v) is 16.4. The van der Waals surface area contributed by atoms with E-state index in [0.717, 1.165) is 10.6 Å². The Bertz CT molecular complexity index is 838. The number of nitrogens with one attached hydrogen (secondary N) is 1. The van der Waals surface area contributed by atoms with Crippen LogP contribution in [-0.4, -0.2) is 46.9 Å². The molecule has 1 amide bonds. The van der Waals surface area contributed by atoms with Crippen molar-refractivity contribution in [1.82, 2.24) is 5.32 Å². The quantitative estimate of drug-likeness (QED) is 0.660. The summed E-state index contributed by atoms with van der Waals surface area (Å²) in [4.78, 5) is 12.4. The van der Waals surface area contributed by atoms with Gasteiger partial charge in [0.25, 0.3) is 0 Å². The molecule has 27 heavy (non-hydrogen) atoms. The van der Waals surface area contributed by atoms with Crippen LogP contribution in [0.25, 0.3) is 0 Å². The predicted octanol–water partition coefficient (Wildman–Crippen LogP) is 2.04. The van der Waals surface area contributed by atoms with E-state index in [4.69, 9.17) is 9.47 Å². The SMILES string of the molecule is COc1ccc(N([C@@H](C)C(=O)NCCOc2ccccc2)S(C)(=O)=O)cc1. The first kappa shape index (κ1) is 20.6. The van der Waals surface area contributed by atoms with Gasteiger partial charge < -0.3 is 14.8 Å². The number of rotatable bonds is 9. The number of carbonyl (C=O) groups is 1. The fourth-order valence-electron chi connectivity index (χ4n) is 2.55. The Morgan fingerprint density at radius 1 is 1.07 bits per heavy atom. The summed E-state index contributed by atoms with van der Waals surface area (Å²) in [5, 5.41) is 2.70. The molecule has 0 aliphatic heterocycles. The van der Waals surface area contributed by atoms with Crippen LogP contribution < -0.4 is 19.1 Å². The molecule has 0 saturated carbocycles. The normalized spacial score (nSPS) is 12.1. The van der Waals surface area contributed by atoms with E-state index in [0.29, 0.717) is 17.2 Å². The first-order chi connectivity index (χ1) is 12.8. The number of ether oxygens (including phenoxy) is 2. The lowest BCUT2D eigenvalue weighted by atomic mass is 10.2. The molecule has 0 radical (unpaired) electrons. The fourth-order valence-corrected chi connectivity index (χ4v) is 3.72. The van der Waals surface area contributed by atoms with Gasteiger partial charge in [-0.1, -0.05) is 18.2 Å². The highest BCUT2D eigenvalue weighted by Gasteiger charge is 2.28. The molecule has 2 rings (SSSR count). The number of para-hydroxylation sites is 1. The van der Waals surface area contributed by atoms with Gasteiger partial charge in [0.2, 0.25) is 15.9 Å². The summed E-state index contributed by atoms with van der Waals surface area (Å²) in [6.45, 7) is 2.08. The molecule has 2 aromatic carbocycles. The Morgan fingerprint density at radius 2 is 1.70 bits per heavy atom. The smallest absolute Gasteiger partial charge is 0.243 e. The van der Waals surface area contributed by atoms with Gasteiger partial charge in [0.1, 0.15) is 24.1 Å². The van der Waals surface area contributed by atoms with Crippen molar-refractivity contribution in [2.45, 2.75) is 13.0 Å². The monoisotopic (exact) mass is 392 g/mol. The van der Waals surface area contributed by atoms with E-state index in [2.05, 4.69) is 5.32 Å². The Hall–Kier alpha value is -2.74. The molecule has 2 aromatic rings. The molecule has 1 N–H and O–H groups in total. The van der Waals surface area contributed by atoms with Crippen LogP contribution in [0.2, 0.25) is 0 Å². The zero-order chi connectivity index (χ0) is 19.9. The molecule has 0 fully saturated rings. The van der Waals surface area contributed by atoms with Gasteiger partial charge in [0.05, 0.1) is 25.6 Å². The largest absolute Gasteiger partial charge is 0.497 e. The van der Waals surface area contributed by atoms with Crippen molar-refractivity contribution in [1.29, 1.82) is 0 Å². The second-order valence-corrected chi connectivity index (χ2v) is 7.74. The molecule has 0 saturated heterocycles. The third-order valence-electron chi connectivity index (χ3n) is 3.83. The summed E-state index contributed by atoms with van der Waals surface area (Å²) in [5.41, 5.74) is 0.390. The first-order valence-corrected chi connectivity index (χ1v) is 10.3. The number of anilines is 1. The molecule has 0 aliphatic rings. The van der Waals surface area contributed by atoms with Crippen LogP contribution in [0.3, 0.4) is 0 Å². The van der Waals surface area contributed by atoms with Crippen molar-refractivity contribution in [2.24, 2.45) is 0 Å². The van der Waals surface area contributed by atoms with Crippen molar-refractivity contribution < 1.29 is 22.7 Å². The minimum atomic E-state index is -3.65. The van der Waals surface area contributed by atoms with Crippen LogP contribution >= 0.6 is 0 Å². The second kappa shape index (κ2) is 9.27. The van der Waals surface area contributed by atoms with Crippen molar-refractivity contribution >= 4 is 21.6 Å². The number of benzene rings is 2. The number of nitrogens with zero attached hydrogens (tertiary/aromatic N) is 1. The zero-order valence-electron chi connectivity index (χ0n) is 15.6. The van der Waals surface area contributed by atoms with Crippen molar-refractivity contribution in [3.05, 3.63) is 54.6 Å². The third kappa shape index (κ3) is 5.89. The van der Waals surface area contributed by atoms with Crippen LogP contribution in [0.1, 0.15) is 6.92 Å². The maximum Gasteiger partial charge on any atom is 0.243 e. The van der Waals surface area contributed by atoms with E-state index in [1.807, 2.05) is 30.3 Å². The number of sulfonamides is 1. The Kier molecular flexibility index (Phi) is 7.06. The number of hydrogen-bond donors (Lipinski definition) is 1. The van der Waals surface area contributed by atoms with Gasteiger partial charge in [0.15, 0.2) is 0 Å². The van der Waals surface area contributed by atoms with E-state index in [9.17, 15) is 13.2 Å². The van der Waals surface area contributed by atoms with Gasteiger partial charge in [-0.05, 0) is 43.3 Å². The Labute approximate surface area is 160 Å². The maximum atomic E-state index is 12.4. The molecule has 1 atom stereocenters. The molecule has 0 aromatic heterocycles. The first-order valence-electron chi connectivity index (χ1n) is 8.42. The average Bonchev–Trinajstić information content (AvgIpc) is 2.65. The summed E-state index contributed by atoms with van der Waals surface area (Å²) in [6.07, 6.45) is 1.07. The van der Waals surface area contributed by atoms with E-state index in [-0.39, 0.29) is 13.2 Å². The molecule has 0 unspecified atom stereocenters. The number of carbonyl (C=O) groups excluding carboxylic acids is 1. The number of methoxy groups -OCH3 is 1. The van der Waals surface area contributed by atoms with Gasteiger partial charge in [-0.25, -0.2) is 8.42 Å². The topological polar surface area (TPSA) is 84.9 Å². The van der Waals surface area contributed by atoms with Gasteiger partial charge >= 0.3 is 0 Å². The minimum Gasteiger partial charge on any atom is -0.497 e. The van der Waals surface area contributed by atoms with Crippen molar-refractivity contribution in [3.8, 4) is 11.5 Å². The van der Waals surface area contributed by atoms with E-state index in [1.165, 1.54) is 7.11 Å². The van der Waals surface area contributed by atoms with Crippen molar-refractivity contribution in [2.75, 3.05) is 30.8 Å². The molecule has 7 nitrogen and oxygen atoms in total. The lowest BCUT2D eigenvalue weighted by molar-refractivity contribution is -0.121. The highest BCUT2D eigenvalue weighted by molar-refractivity contribution is 7.92. The highest BCUT2D eigenvalue weighted by Crippen LogP contribution is 2.23. The average molecular weight is 392 g/mol. The van der Waals surface area contributed by atoms with E-state index in [1.54, 1.807) is 31.2 Å². The molecular weight excluding hydrogens is 368 g/mol. The molecule has 0 spiro atoms. The Morgan fingerprint density at radius 3 is 2.26 bits per heavy atom. The molecule has 0 aliphatic carbocycles.